The highest BCUT2D eigenvalue weighted by atomic mass is 32.1. The molecule has 0 aromatic carbocycles. The van der Waals surface area contributed by atoms with Gasteiger partial charge in [-0.3, -0.25) is 5.32 Å². The van der Waals surface area contributed by atoms with Crippen molar-refractivity contribution in [1.82, 2.24) is 25.5 Å². The Morgan fingerprint density at radius 3 is 3.00 bits per heavy atom. The lowest BCUT2D eigenvalue weighted by Crippen LogP contribution is -2.49. The molecule has 0 spiro atoms. The number of hydrogen-bond donors (Lipinski definition) is 2. The second kappa shape index (κ2) is 6.44. The highest BCUT2D eigenvalue weighted by Gasteiger charge is 2.23. The average molecular weight is 305 g/mol. The van der Waals surface area contributed by atoms with Crippen LogP contribution in [0.1, 0.15) is 12.8 Å². The van der Waals surface area contributed by atoms with Gasteiger partial charge in [-0.15, -0.1) is 10.2 Å². The summed E-state index contributed by atoms with van der Waals surface area (Å²) in [5.74, 6) is 0.702. The third-order valence-corrected chi connectivity index (χ3v) is 3.78. The van der Waals surface area contributed by atoms with Crippen molar-refractivity contribution < 1.29 is 4.79 Å². The van der Waals surface area contributed by atoms with Gasteiger partial charge in [0.15, 0.2) is 0 Å². The SMILES string of the molecule is O=C(Nc1nncs1)N[C@@H]1CCCN(c2ncccn2)C1. The molecular weight excluding hydrogens is 290 g/mol. The van der Waals surface area contributed by atoms with E-state index in [4.69, 9.17) is 0 Å². The van der Waals surface area contributed by atoms with Crippen molar-refractivity contribution in [1.29, 1.82) is 0 Å². The van der Waals surface area contributed by atoms with Gasteiger partial charge in [-0.05, 0) is 18.9 Å². The standard InChI is InChI=1S/C12H15N7OS/c20-11(17-12-18-15-8-21-12)16-9-3-1-6-19(7-9)10-13-4-2-5-14-10/h2,4-5,8-9H,1,3,6-7H2,(H2,16,17,18,20)/t9-/m1/s1. The number of rotatable bonds is 3. The number of amides is 2. The number of carbonyl (C=O) groups is 1. The molecule has 0 radical (unpaired) electrons. The monoisotopic (exact) mass is 305 g/mol. The summed E-state index contributed by atoms with van der Waals surface area (Å²) in [6, 6.07) is 1.60. The predicted molar refractivity (Wildman–Crippen MR) is 79.3 cm³/mol. The molecule has 8 nitrogen and oxygen atoms in total. The van der Waals surface area contributed by atoms with Gasteiger partial charge in [0.2, 0.25) is 11.1 Å². The van der Waals surface area contributed by atoms with Gasteiger partial charge in [0.25, 0.3) is 0 Å². The van der Waals surface area contributed by atoms with Crippen LogP contribution >= 0.6 is 11.3 Å². The van der Waals surface area contributed by atoms with E-state index in [-0.39, 0.29) is 12.1 Å². The summed E-state index contributed by atoms with van der Waals surface area (Å²) in [4.78, 5) is 22.5. The van der Waals surface area contributed by atoms with E-state index in [0.717, 1.165) is 19.4 Å². The van der Waals surface area contributed by atoms with Gasteiger partial charge >= 0.3 is 6.03 Å². The van der Waals surface area contributed by atoms with Crippen LogP contribution < -0.4 is 15.5 Å². The second-order valence-corrected chi connectivity index (χ2v) is 5.51. The minimum atomic E-state index is -0.257. The molecule has 110 valence electrons. The van der Waals surface area contributed by atoms with Gasteiger partial charge in [0.05, 0.1) is 0 Å². The van der Waals surface area contributed by atoms with Crippen molar-refractivity contribution in [2.75, 3.05) is 23.3 Å². The maximum atomic E-state index is 11.9. The van der Waals surface area contributed by atoms with Crippen molar-refractivity contribution in [3.05, 3.63) is 24.0 Å². The molecule has 1 aliphatic rings. The first-order valence-corrected chi connectivity index (χ1v) is 7.55. The summed E-state index contributed by atoms with van der Waals surface area (Å²) in [5, 5.41) is 13.6. The highest BCUT2D eigenvalue weighted by molar-refractivity contribution is 7.13. The van der Waals surface area contributed by atoms with E-state index in [1.54, 1.807) is 24.0 Å². The lowest BCUT2D eigenvalue weighted by Gasteiger charge is -2.32. The topological polar surface area (TPSA) is 95.9 Å². The molecule has 0 bridgehead atoms. The molecule has 1 fully saturated rings. The van der Waals surface area contributed by atoms with E-state index in [0.29, 0.717) is 17.6 Å². The molecule has 0 aliphatic carbocycles. The largest absolute Gasteiger partial charge is 0.339 e. The van der Waals surface area contributed by atoms with E-state index in [1.165, 1.54) is 11.3 Å². The van der Waals surface area contributed by atoms with Crippen LogP contribution in [0.25, 0.3) is 0 Å². The minimum absolute atomic E-state index is 0.0653. The number of carbonyl (C=O) groups excluding carboxylic acids is 1. The number of aromatic nitrogens is 4. The van der Waals surface area contributed by atoms with Crippen LogP contribution in [0.4, 0.5) is 15.9 Å². The van der Waals surface area contributed by atoms with Crippen LogP contribution in [0.3, 0.4) is 0 Å². The van der Waals surface area contributed by atoms with Crippen LogP contribution in [-0.4, -0.2) is 45.3 Å². The Morgan fingerprint density at radius 1 is 1.38 bits per heavy atom. The van der Waals surface area contributed by atoms with Crippen LogP contribution in [0.2, 0.25) is 0 Å². The third kappa shape index (κ3) is 3.63. The smallest absolute Gasteiger partial charge is 0.321 e. The second-order valence-electron chi connectivity index (χ2n) is 4.68. The van der Waals surface area contributed by atoms with Crippen molar-refractivity contribution in [2.45, 2.75) is 18.9 Å². The summed E-state index contributed by atoms with van der Waals surface area (Å²) in [6.07, 6.45) is 5.37. The molecule has 0 saturated carbocycles. The summed E-state index contributed by atoms with van der Waals surface area (Å²) < 4.78 is 0. The van der Waals surface area contributed by atoms with Crippen LogP contribution in [0, 0.1) is 0 Å². The van der Waals surface area contributed by atoms with Gasteiger partial charge in [-0.1, -0.05) is 11.3 Å². The fourth-order valence-electron chi connectivity index (χ4n) is 2.28. The number of anilines is 2. The van der Waals surface area contributed by atoms with E-state index >= 15 is 0 Å². The number of urea groups is 1. The Bertz CT molecular complexity index is 577. The fourth-order valence-corrected chi connectivity index (χ4v) is 2.72. The van der Waals surface area contributed by atoms with Crippen molar-refractivity contribution in [3.63, 3.8) is 0 Å². The molecular formula is C12H15N7OS. The summed E-state index contributed by atoms with van der Waals surface area (Å²) in [7, 11) is 0. The Labute approximate surface area is 125 Å². The lowest BCUT2D eigenvalue weighted by molar-refractivity contribution is 0.246. The molecule has 1 saturated heterocycles. The first-order chi connectivity index (χ1) is 10.3. The summed E-state index contributed by atoms with van der Waals surface area (Å²) in [5.41, 5.74) is 1.57. The zero-order chi connectivity index (χ0) is 14.5. The molecule has 2 N–H and O–H groups in total. The lowest BCUT2D eigenvalue weighted by atomic mass is 10.1. The highest BCUT2D eigenvalue weighted by Crippen LogP contribution is 2.15. The van der Waals surface area contributed by atoms with E-state index in [1.807, 2.05) is 0 Å². The summed E-state index contributed by atoms with van der Waals surface area (Å²) >= 11 is 1.29. The Kier molecular flexibility index (Phi) is 4.20. The Balaban J connectivity index is 1.55. The fraction of sp³-hybridized carbons (Fsp3) is 0.417. The molecule has 2 aromatic rings. The van der Waals surface area contributed by atoms with Crippen molar-refractivity contribution >= 4 is 28.4 Å². The molecule has 2 amide bonds. The molecule has 2 aromatic heterocycles. The predicted octanol–water partition coefficient (Wildman–Crippen LogP) is 1.12. The van der Waals surface area contributed by atoms with E-state index in [9.17, 15) is 4.79 Å². The van der Waals surface area contributed by atoms with Crippen LogP contribution in [0.5, 0.6) is 0 Å². The molecule has 9 heteroatoms. The average Bonchev–Trinajstić information content (AvgIpc) is 3.01. The first-order valence-electron chi connectivity index (χ1n) is 6.67. The maximum Gasteiger partial charge on any atom is 0.321 e. The number of hydrogen-bond acceptors (Lipinski definition) is 7. The van der Waals surface area contributed by atoms with Gasteiger partial charge in [-0.2, -0.15) is 0 Å². The normalized spacial score (nSPS) is 18.3. The number of nitrogens with zero attached hydrogens (tertiary/aromatic N) is 5. The van der Waals surface area contributed by atoms with Crippen LogP contribution in [-0.2, 0) is 0 Å². The van der Waals surface area contributed by atoms with Crippen molar-refractivity contribution in [2.24, 2.45) is 0 Å². The quantitative estimate of drug-likeness (QED) is 0.882. The third-order valence-electron chi connectivity index (χ3n) is 3.17. The maximum absolute atomic E-state index is 11.9. The molecule has 0 unspecified atom stereocenters. The number of piperidine rings is 1. The molecule has 21 heavy (non-hydrogen) atoms. The minimum Gasteiger partial charge on any atom is -0.339 e. The molecule has 3 rings (SSSR count). The zero-order valence-electron chi connectivity index (χ0n) is 11.3. The zero-order valence-corrected chi connectivity index (χ0v) is 12.1. The molecule has 1 atom stereocenters. The Hall–Kier alpha value is -2.29. The first kappa shape index (κ1) is 13.7. The number of nitrogens with one attached hydrogen (secondary N) is 2. The molecule has 1 aliphatic heterocycles. The van der Waals surface area contributed by atoms with Gasteiger partial charge < -0.3 is 10.2 Å². The van der Waals surface area contributed by atoms with Gasteiger partial charge in [-0.25, -0.2) is 14.8 Å². The van der Waals surface area contributed by atoms with Crippen LogP contribution in [0.15, 0.2) is 24.0 Å². The van der Waals surface area contributed by atoms with Gasteiger partial charge in [0.1, 0.15) is 5.51 Å². The van der Waals surface area contributed by atoms with Crippen molar-refractivity contribution in [3.8, 4) is 0 Å². The van der Waals surface area contributed by atoms with E-state index in [2.05, 4.69) is 35.7 Å². The Morgan fingerprint density at radius 2 is 2.24 bits per heavy atom. The van der Waals surface area contributed by atoms with E-state index < -0.39 is 0 Å². The summed E-state index contributed by atoms with van der Waals surface area (Å²) in [6.45, 7) is 1.60. The molecule has 3 heterocycles. The van der Waals surface area contributed by atoms with Gasteiger partial charge in [0, 0.05) is 31.5 Å².